The second-order valence-electron chi connectivity index (χ2n) is 4.56. The molecule has 0 saturated carbocycles. The molecule has 4 heteroatoms. The molecule has 0 fully saturated rings. The highest BCUT2D eigenvalue weighted by Gasteiger charge is 2.14. The minimum absolute atomic E-state index is 0.612. The fourth-order valence-corrected chi connectivity index (χ4v) is 2.07. The number of hydrogen-bond donors (Lipinski definition) is 1. The van der Waals surface area contributed by atoms with Crippen molar-refractivity contribution in [2.45, 2.75) is 20.8 Å². The molecule has 0 spiro atoms. The SMILES string of the molecule is CNc1ncc(C)c(-c2ccc(C)c(C)c2OC)n1. The number of aromatic nitrogens is 2. The molecule has 0 unspecified atom stereocenters. The highest BCUT2D eigenvalue weighted by atomic mass is 16.5. The third-order valence-electron chi connectivity index (χ3n) is 3.33. The highest BCUT2D eigenvalue weighted by Crippen LogP contribution is 2.35. The first-order valence-corrected chi connectivity index (χ1v) is 6.24. The van der Waals surface area contributed by atoms with Crippen LogP contribution in [0.4, 0.5) is 5.95 Å². The van der Waals surface area contributed by atoms with Gasteiger partial charge in [-0.05, 0) is 43.5 Å². The van der Waals surface area contributed by atoms with E-state index in [0.717, 1.165) is 28.1 Å². The third kappa shape index (κ3) is 2.38. The van der Waals surface area contributed by atoms with Gasteiger partial charge in [-0.15, -0.1) is 0 Å². The Balaban J connectivity index is 2.68. The summed E-state index contributed by atoms with van der Waals surface area (Å²) in [6.45, 7) is 6.14. The first-order chi connectivity index (χ1) is 9.08. The van der Waals surface area contributed by atoms with Crippen molar-refractivity contribution < 1.29 is 4.74 Å². The van der Waals surface area contributed by atoms with E-state index in [1.807, 2.05) is 20.2 Å². The molecule has 2 rings (SSSR count). The number of ether oxygens (including phenoxy) is 1. The fraction of sp³-hybridized carbons (Fsp3) is 0.333. The van der Waals surface area contributed by atoms with Gasteiger partial charge in [0.2, 0.25) is 5.95 Å². The molecule has 1 aromatic heterocycles. The molecule has 19 heavy (non-hydrogen) atoms. The topological polar surface area (TPSA) is 47.0 Å². The van der Waals surface area contributed by atoms with Crippen molar-refractivity contribution in [3.05, 3.63) is 35.0 Å². The molecule has 100 valence electrons. The third-order valence-corrected chi connectivity index (χ3v) is 3.33. The Labute approximate surface area is 113 Å². The van der Waals surface area contributed by atoms with Crippen LogP contribution in [0.1, 0.15) is 16.7 Å². The maximum atomic E-state index is 5.56. The summed E-state index contributed by atoms with van der Waals surface area (Å²) in [5.74, 6) is 1.49. The zero-order valence-corrected chi connectivity index (χ0v) is 12.0. The van der Waals surface area contributed by atoms with Crippen molar-refractivity contribution >= 4 is 5.95 Å². The van der Waals surface area contributed by atoms with E-state index in [2.05, 4.69) is 41.3 Å². The minimum atomic E-state index is 0.612. The maximum Gasteiger partial charge on any atom is 0.222 e. The van der Waals surface area contributed by atoms with E-state index in [1.54, 1.807) is 7.11 Å². The minimum Gasteiger partial charge on any atom is -0.496 e. The molecule has 1 N–H and O–H groups in total. The summed E-state index contributed by atoms with van der Waals surface area (Å²) in [7, 11) is 3.51. The van der Waals surface area contributed by atoms with Gasteiger partial charge in [0.05, 0.1) is 12.8 Å². The van der Waals surface area contributed by atoms with E-state index < -0.39 is 0 Å². The van der Waals surface area contributed by atoms with Gasteiger partial charge >= 0.3 is 0 Å². The second-order valence-corrected chi connectivity index (χ2v) is 4.56. The lowest BCUT2D eigenvalue weighted by atomic mass is 10.0. The van der Waals surface area contributed by atoms with E-state index in [1.165, 1.54) is 5.56 Å². The van der Waals surface area contributed by atoms with Crippen molar-refractivity contribution in [2.24, 2.45) is 0 Å². The monoisotopic (exact) mass is 257 g/mol. The first kappa shape index (κ1) is 13.3. The Bertz CT molecular complexity index is 609. The lowest BCUT2D eigenvalue weighted by Crippen LogP contribution is -2.01. The largest absolute Gasteiger partial charge is 0.496 e. The van der Waals surface area contributed by atoms with Gasteiger partial charge in [-0.25, -0.2) is 9.97 Å². The molecule has 0 bridgehead atoms. The zero-order chi connectivity index (χ0) is 14.0. The van der Waals surface area contributed by atoms with Crippen LogP contribution in [0, 0.1) is 20.8 Å². The number of methoxy groups -OCH3 is 1. The van der Waals surface area contributed by atoms with Crippen molar-refractivity contribution in [1.82, 2.24) is 9.97 Å². The summed E-state index contributed by atoms with van der Waals surface area (Å²) < 4.78 is 5.56. The van der Waals surface area contributed by atoms with Crippen LogP contribution in [0.25, 0.3) is 11.3 Å². The van der Waals surface area contributed by atoms with Crippen LogP contribution in [0.3, 0.4) is 0 Å². The number of aryl methyl sites for hydroxylation is 2. The van der Waals surface area contributed by atoms with Crippen LogP contribution in [0.5, 0.6) is 5.75 Å². The van der Waals surface area contributed by atoms with E-state index in [0.29, 0.717) is 5.95 Å². The summed E-state index contributed by atoms with van der Waals surface area (Å²) in [5, 5.41) is 2.96. The molecule has 0 aliphatic rings. The molecule has 4 nitrogen and oxygen atoms in total. The van der Waals surface area contributed by atoms with Gasteiger partial charge in [0, 0.05) is 18.8 Å². The van der Waals surface area contributed by atoms with Crippen molar-refractivity contribution in [3.8, 4) is 17.0 Å². The van der Waals surface area contributed by atoms with Crippen LogP contribution in [0.15, 0.2) is 18.3 Å². The molecule has 0 amide bonds. The van der Waals surface area contributed by atoms with E-state index in [9.17, 15) is 0 Å². The van der Waals surface area contributed by atoms with E-state index in [4.69, 9.17) is 4.74 Å². The predicted molar refractivity (Wildman–Crippen MR) is 77.8 cm³/mol. The number of rotatable bonds is 3. The van der Waals surface area contributed by atoms with E-state index >= 15 is 0 Å². The zero-order valence-electron chi connectivity index (χ0n) is 12.0. The Morgan fingerprint density at radius 3 is 2.47 bits per heavy atom. The van der Waals surface area contributed by atoms with Crippen LogP contribution in [-0.2, 0) is 0 Å². The van der Waals surface area contributed by atoms with Crippen LogP contribution in [0.2, 0.25) is 0 Å². The number of anilines is 1. The Kier molecular flexibility index (Phi) is 3.69. The first-order valence-electron chi connectivity index (χ1n) is 6.24. The lowest BCUT2D eigenvalue weighted by molar-refractivity contribution is 0.413. The van der Waals surface area contributed by atoms with Gasteiger partial charge in [-0.1, -0.05) is 6.07 Å². The second kappa shape index (κ2) is 5.26. The molecular formula is C15H19N3O. The molecule has 0 atom stereocenters. The summed E-state index contributed by atoms with van der Waals surface area (Å²) >= 11 is 0. The standard InChI is InChI=1S/C15H19N3O/c1-9-6-7-12(14(19-5)11(9)3)13-10(2)8-17-15(16-4)18-13/h6-8H,1-5H3,(H,16,17,18). The average Bonchev–Trinajstić information content (AvgIpc) is 2.42. The molecular weight excluding hydrogens is 238 g/mol. The summed E-state index contributed by atoms with van der Waals surface area (Å²) in [4.78, 5) is 8.75. The lowest BCUT2D eigenvalue weighted by Gasteiger charge is -2.15. The molecule has 1 aromatic carbocycles. The van der Waals surface area contributed by atoms with Gasteiger partial charge in [0.15, 0.2) is 0 Å². The van der Waals surface area contributed by atoms with Gasteiger partial charge in [0.1, 0.15) is 5.75 Å². The van der Waals surface area contributed by atoms with Gasteiger partial charge < -0.3 is 10.1 Å². The Morgan fingerprint density at radius 2 is 1.84 bits per heavy atom. The quantitative estimate of drug-likeness (QED) is 0.917. The van der Waals surface area contributed by atoms with Crippen molar-refractivity contribution in [3.63, 3.8) is 0 Å². The molecule has 0 radical (unpaired) electrons. The van der Waals surface area contributed by atoms with Gasteiger partial charge in [-0.2, -0.15) is 0 Å². The van der Waals surface area contributed by atoms with Crippen LogP contribution in [-0.4, -0.2) is 24.1 Å². The normalized spacial score (nSPS) is 10.4. The summed E-state index contributed by atoms with van der Waals surface area (Å²) in [6.07, 6.45) is 1.82. The summed E-state index contributed by atoms with van der Waals surface area (Å²) in [5.41, 5.74) is 5.28. The van der Waals surface area contributed by atoms with E-state index in [-0.39, 0.29) is 0 Å². The number of nitrogens with zero attached hydrogens (tertiary/aromatic N) is 2. The van der Waals surface area contributed by atoms with Crippen LogP contribution >= 0.6 is 0 Å². The number of hydrogen-bond acceptors (Lipinski definition) is 4. The molecule has 2 aromatic rings. The predicted octanol–water partition coefficient (Wildman–Crippen LogP) is 3.12. The molecule has 0 aliphatic heterocycles. The van der Waals surface area contributed by atoms with Gasteiger partial charge in [-0.3, -0.25) is 0 Å². The molecule has 0 aliphatic carbocycles. The number of nitrogens with one attached hydrogen (secondary N) is 1. The van der Waals surface area contributed by atoms with Crippen molar-refractivity contribution in [1.29, 1.82) is 0 Å². The number of benzene rings is 1. The maximum absolute atomic E-state index is 5.56. The smallest absolute Gasteiger partial charge is 0.222 e. The molecule has 0 saturated heterocycles. The summed E-state index contributed by atoms with van der Waals surface area (Å²) in [6, 6.07) is 4.14. The van der Waals surface area contributed by atoms with Gasteiger partial charge in [0.25, 0.3) is 0 Å². The Hall–Kier alpha value is -2.10. The fourth-order valence-electron chi connectivity index (χ4n) is 2.07. The average molecular weight is 257 g/mol. The van der Waals surface area contributed by atoms with Crippen molar-refractivity contribution in [2.75, 3.05) is 19.5 Å². The molecule has 1 heterocycles. The van der Waals surface area contributed by atoms with Crippen LogP contribution < -0.4 is 10.1 Å². The Morgan fingerprint density at radius 1 is 1.11 bits per heavy atom. The highest BCUT2D eigenvalue weighted by molar-refractivity contribution is 5.73.